The van der Waals surface area contributed by atoms with Crippen LogP contribution in [-0.2, 0) is 0 Å². The van der Waals surface area contributed by atoms with Crippen molar-refractivity contribution in [1.29, 1.82) is 5.26 Å². The van der Waals surface area contributed by atoms with E-state index in [4.69, 9.17) is 14.2 Å². The molecule has 21 heavy (non-hydrogen) atoms. The fraction of sp³-hybridized carbons (Fsp3) is 0.562. The van der Waals surface area contributed by atoms with Crippen LogP contribution in [-0.4, -0.2) is 24.5 Å². The van der Waals surface area contributed by atoms with E-state index in [1.807, 2.05) is 18.2 Å². The van der Waals surface area contributed by atoms with Gasteiger partial charge in [0, 0.05) is 18.5 Å². The average molecular weight is 286 g/mol. The third-order valence-corrected chi connectivity index (χ3v) is 4.39. The Morgan fingerprint density at radius 3 is 2.90 bits per heavy atom. The molecule has 2 fully saturated rings. The molecule has 0 amide bonds. The summed E-state index contributed by atoms with van der Waals surface area (Å²) in [6, 6.07) is 8.64. The van der Waals surface area contributed by atoms with Crippen molar-refractivity contribution in [2.75, 3.05) is 6.79 Å². The molecule has 0 spiro atoms. The van der Waals surface area contributed by atoms with Gasteiger partial charge in [0.2, 0.25) is 6.79 Å². The van der Waals surface area contributed by atoms with E-state index in [1.54, 1.807) is 0 Å². The summed E-state index contributed by atoms with van der Waals surface area (Å²) in [5, 5.41) is 13.0. The van der Waals surface area contributed by atoms with Gasteiger partial charge in [-0.05, 0) is 37.8 Å². The van der Waals surface area contributed by atoms with Crippen molar-refractivity contribution in [3.8, 4) is 23.3 Å². The van der Waals surface area contributed by atoms with Crippen molar-refractivity contribution in [2.45, 2.75) is 49.8 Å². The minimum atomic E-state index is -0.401. The number of nitrogens with zero attached hydrogens (tertiary/aromatic N) is 1. The molecular formula is C16H18N2O3. The highest BCUT2D eigenvalue weighted by Crippen LogP contribution is 2.38. The first-order valence-electron chi connectivity index (χ1n) is 7.52. The summed E-state index contributed by atoms with van der Waals surface area (Å²) in [7, 11) is 0. The number of fused-ring (bicyclic) bond motifs is 1. The Bertz CT molecular complexity index is 594. The molecule has 1 aromatic carbocycles. The van der Waals surface area contributed by atoms with Crippen molar-refractivity contribution >= 4 is 0 Å². The van der Waals surface area contributed by atoms with Crippen molar-refractivity contribution in [3.05, 3.63) is 18.2 Å². The maximum atomic E-state index is 9.50. The first-order chi connectivity index (χ1) is 10.3. The number of nitriles is 1. The van der Waals surface area contributed by atoms with Gasteiger partial charge in [-0.25, -0.2) is 0 Å². The van der Waals surface area contributed by atoms with Crippen LogP contribution in [0.25, 0.3) is 0 Å². The predicted molar refractivity (Wildman–Crippen MR) is 75.3 cm³/mol. The highest BCUT2D eigenvalue weighted by atomic mass is 16.7. The van der Waals surface area contributed by atoms with Crippen molar-refractivity contribution < 1.29 is 14.2 Å². The minimum Gasteiger partial charge on any atom is -0.490 e. The standard InChI is InChI=1S/C16H18N2O3/c17-9-16(18-11-1-2-11)6-5-13(8-16)21-12-3-4-14-15(7-12)20-10-19-14/h3-4,7,11,13,18H,1-2,5-6,8,10H2. The Morgan fingerprint density at radius 2 is 2.10 bits per heavy atom. The lowest BCUT2D eigenvalue weighted by Crippen LogP contribution is -2.43. The molecule has 0 radical (unpaired) electrons. The van der Waals surface area contributed by atoms with Crippen LogP contribution in [0.2, 0.25) is 0 Å². The van der Waals surface area contributed by atoms with E-state index in [0.717, 1.165) is 36.5 Å². The molecule has 3 aliphatic rings. The summed E-state index contributed by atoms with van der Waals surface area (Å²) in [4.78, 5) is 0. The topological polar surface area (TPSA) is 63.5 Å². The number of benzene rings is 1. The number of ether oxygens (including phenoxy) is 3. The van der Waals surface area contributed by atoms with Gasteiger partial charge in [0.1, 0.15) is 17.4 Å². The Balaban J connectivity index is 1.42. The Hall–Kier alpha value is -1.93. The van der Waals surface area contributed by atoms with Gasteiger partial charge < -0.3 is 14.2 Å². The van der Waals surface area contributed by atoms with E-state index < -0.39 is 5.54 Å². The maximum Gasteiger partial charge on any atom is 0.231 e. The average Bonchev–Trinajstić information content (AvgIpc) is 3.02. The third kappa shape index (κ3) is 2.52. The molecule has 5 nitrogen and oxygen atoms in total. The van der Waals surface area contributed by atoms with E-state index in [2.05, 4.69) is 11.4 Å². The fourth-order valence-corrected chi connectivity index (χ4v) is 3.13. The van der Waals surface area contributed by atoms with Gasteiger partial charge in [-0.1, -0.05) is 0 Å². The molecule has 1 heterocycles. The van der Waals surface area contributed by atoms with Crippen LogP contribution < -0.4 is 19.5 Å². The van der Waals surface area contributed by atoms with E-state index >= 15 is 0 Å². The maximum absolute atomic E-state index is 9.50. The number of hydrogen-bond acceptors (Lipinski definition) is 5. The molecular weight excluding hydrogens is 268 g/mol. The minimum absolute atomic E-state index is 0.0799. The molecule has 0 aromatic heterocycles. The van der Waals surface area contributed by atoms with E-state index in [-0.39, 0.29) is 12.9 Å². The summed E-state index contributed by atoms with van der Waals surface area (Å²) < 4.78 is 16.7. The first kappa shape index (κ1) is 12.8. The van der Waals surface area contributed by atoms with E-state index in [9.17, 15) is 5.26 Å². The highest BCUT2D eigenvalue weighted by Gasteiger charge is 2.43. The second kappa shape index (κ2) is 4.81. The monoisotopic (exact) mass is 286 g/mol. The van der Waals surface area contributed by atoms with Crippen LogP contribution in [0.4, 0.5) is 0 Å². The number of rotatable bonds is 4. The first-order valence-corrected chi connectivity index (χ1v) is 7.52. The van der Waals surface area contributed by atoms with Crippen LogP contribution >= 0.6 is 0 Å². The molecule has 1 aromatic rings. The highest BCUT2D eigenvalue weighted by molar-refractivity contribution is 5.47. The van der Waals surface area contributed by atoms with Crippen molar-refractivity contribution in [2.24, 2.45) is 0 Å². The zero-order valence-electron chi connectivity index (χ0n) is 11.8. The van der Waals surface area contributed by atoms with Crippen LogP contribution in [0.1, 0.15) is 32.1 Å². The Morgan fingerprint density at radius 1 is 1.24 bits per heavy atom. The number of hydrogen-bond donors (Lipinski definition) is 1. The molecule has 2 unspecified atom stereocenters. The summed E-state index contributed by atoms with van der Waals surface area (Å²) in [6.07, 6.45) is 4.97. The zero-order chi connectivity index (χ0) is 14.3. The Kier molecular flexibility index (Phi) is 2.93. The molecule has 5 heteroatoms. The molecule has 110 valence electrons. The van der Waals surface area contributed by atoms with Gasteiger partial charge in [0.15, 0.2) is 11.5 Å². The molecule has 2 saturated carbocycles. The van der Waals surface area contributed by atoms with Crippen LogP contribution in [0.3, 0.4) is 0 Å². The zero-order valence-corrected chi connectivity index (χ0v) is 11.8. The molecule has 1 N–H and O–H groups in total. The summed E-state index contributed by atoms with van der Waals surface area (Å²) >= 11 is 0. The summed E-state index contributed by atoms with van der Waals surface area (Å²) in [5.74, 6) is 2.27. The van der Waals surface area contributed by atoms with Gasteiger partial charge >= 0.3 is 0 Å². The lowest BCUT2D eigenvalue weighted by molar-refractivity contribution is 0.173. The lowest BCUT2D eigenvalue weighted by atomic mass is 9.99. The third-order valence-electron chi connectivity index (χ3n) is 4.39. The van der Waals surface area contributed by atoms with Crippen molar-refractivity contribution in [1.82, 2.24) is 5.32 Å². The van der Waals surface area contributed by atoms with Gasteiger partial charge in [-0.3, -0.25) is 5.32 Å². The summed E-state index contributed by atoms with van der Waals surface area (Å²) in [5.41, 5.74) is -0.401. The van der Waals surface area contributed by atoms with Gasteiger partial charge in [0.05, 0.1) is 6.07 Å². The molecule has 0 saturated heterocycles. The predicted octanol–water partition coefficient (Wildman–Crippen LogP) is 2.36. The molecule has 4 rings (SSSR count). The lowest BCUT2D eigenvalue weighted by Gasteiger charge is -2.22. The normalized spacial score (nSPS) is 30.1. The van der Waals surface area contributed by atoms with Crippen LogP contribution in [0.15, 0.2) is 18.2 Å². The van der Waals surface area contributed by atoms with Crippen LogP contribution in [0, 0.1) is 11.3 Å². The fourth-order valence-electron chi connectivity index (χ4n) is 3.13. The molecule has 0 bridgehead atoms. The van der Waals surface area contributed by atoms with Crippen molar-refractivity contribution in [3.63, 3.8) is 0 Å². The smallest absolute Gasteiger partial charge is 0.231 e. The van der Waals surface area contributed by atoms with Gasteiger partial charge in [0.25, 0.3) is 0 Å². The van der Waals surface area contributed by atoms with E-state index in [1.165, 1.54) is 12.8 Å². The van der Waals surface area contributed by atoms with Gasteiger partial charge in [-0.15, -0.1) is 0 Å². The van der Waals surface area contributed by atoms with Gasteiger partial charge in [-0.2, -0.15) is 5.26 Å². The molecule has 2 aliphatic carbocycles. The number of nitrogens with one attached hydrogen (secondary N) is 1. The molecule has 1 aliphatic heterocycles. The van der Waals surface area contributed by atoms with Crippen LogP contribution in [0.5, 0.6) is 17.2 Å². The second-order valence-electron chi connectivity index (χ2n) is 6.11. The quantitative estimate of drug-likeness (QED) is 0.920. The van der Waals surface area contributed by atoms with E-state index in [0.29, 0.717) is 6.04 Å². The molecule has 2 atom stereocenters. The Labute approximate surface area is 123 Å². The largest absolute Gasteiger partial charge is 0.490 e. The summed E-state index contributed by atoms with van der Waals surface area (Å²) in [6.45, 7) is 0.269. The SMILES string of the molecule is N#CC1(NC2CC2)CCC(Oc2ccc3c(c2)OCO3)C1. The second-order valence-corrected chi connectivity index (χ2v) is 6.11.